The van der Waals surface area contributed by atoms with Gasteiger partial charge in [-0.05, 0) is 13.0 Å². The Morgan fingerprint density at radius 1 is 1.43 bits per heavy atom. The van der Waals surface area contributed by atoms with Crippen molar-refractivity contribution < 1.29 is 24.6 Å². The molecule has 0 aromatic carbocycles. The van der Waals surface area contributed by atoms with E-state index in [-0.39, 0.29) is 25.4 Å². The van der Waals surface area contributed by atoms with Crippen molar-refractivity contribution in [3.8, 4) is 0 Å². The predicted octanol–water partition coefficient (Wildman–Crippen LogP) is 2.21. The van der Waals surface area contributed by atoms with Gasteiger partial charge in [-0.1, -0.05) is 13.8 Å². The van der Waals surface area contributed by atoms with Gasteiger partial charge in [-0.2, -0.15) is 0 Å². The number of hydrogen-bond acceptors (Lipinski definition) is 1. The van der Waals surface area contributed by atoms with E-state index in [2.05, 4.69) is 9.98 Å². The maximum atomic E-state index is 9.30. The van der Waals surface area contributed by atoms with Crippen molar-refractivity contribution in [2.24, 2.45) is 4.99 Å². The number of nitrogens with zero attached hydrogens (tertiary/aromatic N) is 1. The zero-order valence-corrected chi connectivity index (χ0v) is 10.4. The molecule has 81 valence electrons. The average molecular weight is 283 g/mol. The number of H-pyrrole nitrogens is 1. The van der Waals surface area contributed by atoms with Crippen molar-refractivity contribution in [2.75, 3.05) is 6.54 Å². The fraction of sp³-hybridized carbons (Fsp3) is 0.500. The topological polar surface area (TPSA) is 48.4 Å². The van der Waals surface area contributed by atoms with Crippen molar-refractivity contribution >= 4 is 5.90 Å². The first-order valence-electron chi connectivity index (χ1n) is 4.69. The van der Waals surface area contributed by atoms with Gasteiger partial charge in [0, 0.05) is 43.8 Å². The second-order valence-electron chi connectivity index (χ2n) is 2.80. The first-order valence-corrected chi connectivity index (χ1v) is 4.69. The van der Waals surface area contributed by atoms with Crippen LogP contribution in [0.2, 0.25) is 0 Å². The quantitative estimate of drug-likeness (QED) is 0.705. The number of aromatic amines is 1. The molecule has 0 saturated carbocycles. The number of aromatic nitrogens is 1. The van der Waals surface area contributed by atoms with Gasteiger partial charge in [-0.15, -0.1) is 0 Å². The van der Waals surface area contributed by atoms with Crippen LogP contribution in [0, 0.1) is 6.92 Å². The van der Waals surface area contributed by atoms with Gasteiger partial charge in [0.15, 0.2) is 0 Å². The van der Waals surface area contributed by atoms with E-state index in [1.54, 1.807) is 0 Å². The zero-order chi connectivity index (χ0) is 9.84. The fourth-order valence-corrected chi connectivity index (χ4v) is 1.40. The molecule has 14 heavy (non-hydrogen) atoms. The Morgan fingerprint density at radius 2 is 2.07 bits per heavy atom. The molecule has 0 spiro atoms. The molecule has 0 amide bonds. The van der Waals surface area contributed by atoms with E-state index in [1.165, 1.54) is 0 Å². The third-order valence-corrected chi connectivity index (χ3v) is 1.90. The van der Waals surface area contributed by atoms with E-state index in [0.29, 0.717) is 6.54 Å². The van der Waals surface area contributed by atoms with Crippen molar-refractivity contribution in [1.82, 2.24) is 4.98 Å². The monoisotopic (exact) mass is 283 g/mol. The van der Waals surface area contributed by atoms with Crippen LogP contribution in [-0.2, 0) is 25.9 Å². The number of aliphatic hydroxyl groups is 1. The third-order valence-electron chi connectivity index (χ3n) is 1.90. The van der Waals surface area contributed by atoms with Crippen LogP contribution >= 0.6 is 0 Å². The van der Waals surface area contributed by atoms with E-state index >= 15 is 0 Å². The van der Waals surface area contributed by atoms with E-state index in [4.69, 9.17) is 0 Å². The summed E-state index contributed by atoms with van der Waals surface area (Å²) >= 11 is 0. The minimum Gasteiger partial charge on any atom is -0.493 e. The molecule has 2 rings (SSSR count). The first kappa shape index (κ1) is 13.4. The van der Waals surface area contributed by atoms with Crippen LogP contribution < -0.4 is 0 Å². The molecular formula is C10H16N2ORh. The molecule has 1 aromatic rings. The zero-order valence-electron chi connectivity index (χ0n) is 8.72. The summed E-state index contributed by atoms with van der Waals surface area (Å²) in [6.45, 7) is 6.67. The molecule has 1 aromatic heterocycles. The summed E-state index contributed by atoms with van der Waals surface area (Å²) in [6, 6.07) is 1.92. The Kier molecular flexibility index (Phi) is 5.70. The SMILES string of the molecule is CC.Cc1cc2c([nH]1)CCN=C2O.[Rh]. The standard InChI is InChI=1S/C8H10N2O.C2H6.Rh/c1-5-4-6-7(10-5)2-3-9-8(6)11;1-2;/h4,10H,2-3H2,1H3,(H,9,11);1-2H3;. The largest absolute Gasteiger partial charge is 0.493 e. The van der Waals surface area contributed by atoms with Crippen molar-refractivity contribution in [2.45, 2.75) is 27.2 Å². The molecule has 0 atom stereocenters. The molecule has 1 radical (unpaired) electrons. The molecule has 1 aliphatic heterocycles. The maximum Gasteiger partial charge on any atom is 0.215 e. The van der Waals surface area contributed by atoms with Crippen LogP contribution in [0.25, 0.3) is 0 Å². The number of aryl methyl sites for hydroxylation is 1. The summed E-state index contributed by atoms with van der Waals surface area (Å²) in [6.07, 6.45) is 0.910. The molecule has 4 heteroatoms. The number of nitrogens with one attached hydrogen (secondary N) is 1. The molecule has 0 bridgehead atoms. The third kappa shape index (κ3) is 2.68. The Morgan fingerprint density at radius 3 is 2.64 bits per heavy atom. The number of hydrogen-bond donors (Lipinski definition) is 2. The van der Waals surface area contributed by atoms with Gasteiger partial charge in [-0.3, -0.25) is 4.99 Å². The summed E-state index contributed by atoms with van der Waals surface area (Å²) in [5.74, 6) is 0.176. The van der Waals surface area contributed by atoms with Gasteiger partial charge in [0.05, 0.1) is 5.56 Å². The van der Waals surface area contributed by atoms with Crippen LogP contribution in [0.3, 0.4) is 0 Å². The van der Waals surface area contributed by atoms with Gasteiger partial charge in [0.1, 0.15) is 0 Å². The van der Waals surface area contributed by atoms with E-state index in [1.807, 2.05) is 26.8 Å². The van der Waals surface area contributed by atoms with E-state index in [9.17, 15) is 5.11 Å². The summed E-state index contributed by atoms with van der Waals surface area (Å²) in [5, 5.41) is 9.30. The molecule has 0 fully saturated rings. The Labute approximate surface area is 97.4 Å². The molecule has 0 aliphatic carbocycles. The molecule has 2 heterocycles. The smallest absolute Gasteiger partial charge is 0.215 e. The van der Waals surface area contributed by atoms with Crippen molar-refractivity contribution in [1.29, 1.82) is 0 Å². The Hall–Kier alpha value is -0.627. The molecule has 0 unspecified atom stereocenters. The maximum absolute atomic E-state index is 9.30. The number of aliphatic imine (C=N–C) groups is 1. The van der Waals surface area contributed by atoms with Gasteiger partial charge in [0.2, 0.25) is 5.90 Å². The number of rotatable bonds is 0. The van der Waals surface area contributed by atoms with Crippen molar-refractivity contribution in [3.63, 3.8) is 0 Å². The average Bonchev–Trinajstić information content (AvgIpc) is 2.51. The number of fused-ring (bicyclic) bond motifs is 1. The second-order valence-corrected chi connectivity index (χ2v) is 2.80. The van der Waals surface area contributed by atoms with Crippen LogP contribution in [0.15, 0.2) is 11.1 Å². The van der Waals surface area contributed by atoms with Crippen molar-refractivity contribution in [3.05, 3.63) is 23.0 Å². The Balaban J connectivity index is 0.000000531. The minimum absolute atomic E-state index is 0. The first-order chi connectivity index (χ1) is 6.27. The second kappa shape index (κ2) is 5.97. The molecular weight excluding hydrogens is 267 g/mol. The normalized spacial score (nSPS) is 12.9. The van der Waals surface area contributed by atoms with Crippen LogP contribution in [0.1, 0.15) is 30.8 Å². The van der Waals surface area contributed by atoms with Gasteiger partial charge in [-0.25, -0.2) is 0 Å². The van der Waals surface area contributed by atoms with Crippen LogP contribution in [0.4, 0.5) is 0 Å². The van der Waals surface area contributed by atoms with Gasteiger partial charge < -0.3 is 10.1 Å². The van der Waals surface area contributed by atoms with Crippen LogP contribution in [0.5, 0.6) is 0 Å². The molecule has 3 nitrogen and oxygen atoms in total. The van der Waals surface area contributed by atoms with Crippen LogP contribution in [-0.4, -0.2) is 22.5 Å². The minimum atomic E-state index is 0. The van der Waals surface area contributed by atoms with E-state index in [0.717, 1.165) is 23.4 Å². The molecule has 2 N–H and O–H groups in total. The summed E-state index contributed by atoms with van der Waals surface area (Å²) in [7, 11) is 0. The summed E-state index contributed by atoms with van der Waals surface area (Å²) < 4.78 is 0. The summed E-state index contributed by atoms with van der Waals surface area (Å²) in [4.78, 5) is 7.12. The number of aliphatic hydroxyl groups excluding tert-OH is 1. The van der Waals surface area contributed by atoms with Gasteiger partial charge in [0.25, 0.3) is 0 Å². The van der Waals surface area contributed by atoms with Gasteiger partial charge >= 0.3 is 0 Å². The molecule has 1 aliphatic rings. The fourth-order valence-electron chi connectivity index (χ4n) is 1.40. The summed E-state index contributed by atoms with van der Waals surface area (Å²) in [5.41, 5.74) is 3.06. The predicted molar refractivity (Wildman–Crippen MR) is 54.6 cm³/mol. The van der Waals surface area contributed by atoms with E-state index < -0.39 is 0 Å². The Bertz CT molecular complexity index is 318. The molecule has 0 saturated heterocycles.